The molecule has 0 unspecified atom stereocenters. The van der Waals surface area contributed by atoms with Gasteiger partial charge in [-0.1, -0.05) is 30.4 Å². The van der Waals surface area contributed by atoms with Gasteiger partial charge in [-0.15, -0.1) is 25.3 Å². The molecule has 0 radical (unpaired) electrons. The zero-order chi connectivity index (χ0) is 76.0. The molecule has 108 heavy (non-hydrogen) atoms. The molecule has 0 aliphatic heterocycles. The van der Waals surface area contributed by atoms with Crippen molar-refractivity contribution in [3.63, 3.8) is 0 Å². The minimum atomic E-state index is -5.50. The number of amides is 2. The van der Waals surface area contributed by atoms with E-state index < -0.39 is 199 Å². The molecule has 0 atom stereocenters. The third-order valence-electron chi connectivity index (χ3n) is 12.3. The van der Waals surface area contributed by atoms with E-state index in [2.05, 4.69) is 63.3 Å². The molecular weight excluding hydrogens is 1680 g/mol. The van der Waals surface area contributed by atoms with E-state index in [1.165, 1.54) is 51.7 Å². The second-order valence-electron chi connectivity index (χ2n) is 21.5. The van der Waals surface area contributed by atoms with E-state index in [0.717, 1.165) is 35.3 Å². The van der Waals surface area contributed by atoms with Crippen LogP contribution in [0.15, 0.2) is 98.0 Å². The van der Waals surface area contributed by atoms with Gasteiger partial charge in [-0.2, -0.15) is 24.9 Å². The molecule has 0 aliphatic carbocycles. The van der Waals surface area contributed by atoms with Crippen LogP contribution in [0.4, 0.5) is 29.5 Å². The van der Waals surface area contributed by atoms with Gasteiger partial charge in [0.05, 0.1) is 70.2 Å². The summed E-state index contributed by atoms with van der Waals surface area (Å²) in [6, 6.07) is 15.7. The Hall–Kier alpha value is -0.340. The summed E-state index contributed by atoms with van der Waals surface area (Å²) in [5, 5.41) is 29.7. The predicted octanol–water partition coefficient (Wildman–Crippen LogP) is -26.9. The minimum Gasteiger partial charge on any atom is -0.748 e. The zero-order valence-electron chi connectivity index (χ0n) is 60.6. The quantitative estimate of drug-likeness (QED) is 0.00964. The Kier molecular flexibility index (Phi) is 59.1. The molecule has 0 aliphatic rings. The molecule has 2 aromatic heterocycles. The van der Waals surface area contributed by atoms with Crippen molar-refractivity contribution in [1.82, 2.24) is 40.5 Å². The SMILES string of the molecule is C/C=C(/C=C/c1ccc(Cc2nc(Cc3[c-]cc[c-]c3)nc(N(CCO)CCC(=O)NC(C)(C)CS(=O)(=O)[O-])n2)cc1S(=O)(=O)[O-])C(=C/CNc1nc(Nc2cc(S(=O)(=O)[O-])ccc2S(=O)(=O)[O-])nc(N(CCO)CCC(=O)NC(C)(C)CS(=O)(=O)[O-])n1)\S(=O)(=O)[O-].O=S(=O)=O.O=S(=O)=O.[Na+].[Na+].[Na+].[Na+].[Na+].[Na+].[Na+].[Na+]. The molecule has 0 bridgehead atoms. The second-order valence-corrected chi connectivity index (χ2v) is 30.6. The monoisotopic (exact) mass is 1740 g/mol. The number of aliphatic hydroxyl groups is 2. The number of anilines is 5. The number of carbonyl (C=O) groups is 2. The topological polar surface area (TPSA) is 652 Å². The van der Waals surface area contributed by atoms with Crippen LogP contribution in [0.3, 0.4) is 0 Å². The van der Waals surface area contributed by atoms with Crippen molar-refractivity contribution in [3.8, 4) is 0 Å². The van der Waals surface area contributed by atoms with E-state index in [-0.39, 0.29) is 303 Å². The van der Waals surface area contributed by atoms with Crippen LogP contribution in [0.5, 0.6) is 0 Å². The number of rotatable bonds is 34. The van der Waals surface area contributed by atoms with Gasteiger partial charge in [0, 0.05) is 63.1 Å². The maximum absolute atomic E-state index is 13.0. The van der Waals surface area contributed by atoms with Crippen LogP contribution < -0.4 is 268 Å². The van der Waals surface area contributed by atoms with Gasteiger partial charge in [-0.05, 0) is 88.1 Å². The van der Waals surface area contributed by atoms with Crippen molar-refractivity contribution < 1.29 is 359 Å². The first-order valence-electron chi connectivity index (χ1n) is 27.7. The molecule has 2 amide bonds. The number of aromatic nitrogens is 6. The Morgan fingerprint density at radius 1 is 0.574 bits per heavy atom. The van der Waals surface area contributed by atoms with Crippen molar-refractivity contribution in [1.29, 1.82) is 0 Å². The van der Waals surface area contributed by atoms with Gasteiger partial charge in [0.2, 0.25) is 35.6 Å². The number of aliphatic hydroxyl groups excluding tert-OH is 2. The van der Waals surface area contributed by atoms with E-state index in [0.29, 0.717) is 23.8 Å². The second kappa shape index (κ2) is 53.9. The molecule has 552 valence electrons. The number of nitrogens with zero attached hydrogens (tertiary/aromatic N) is 8. The van der Waals surface area contributed by atoms with Gasteiger partial charge in [0.1, 0.15) is 52.1 Å². The molecule has 0 saturated heterocycles. The third-order valence-corrected chi connectivity index (χ3v) is 18.0. The largest absolute Gasteiger partial charge is 1.00 e. The summed E-state index contributed by atoms with van der Waals surface area (Å²) < 4.78 is 269. The fourth-order valence-electron chi connectivity index (χ4n) is 8.65. The summed E-state index contributed by atoms with van der Waals surface area (Å²) in [6.45, 7) is 3.50. The van der Waals surface area contributed by atoms with Crippen molar-refractivity contribution in [2.24, 2.45) is 0 Å². The Bertz CT molecular complexity index is 4840. The number of benzene rings is 3. The number of hydrogen-bond donors (Lipinski definition) is 6. The molecule has 6 N–H and O–H groups in total. The maximum Gasteiger partial charge on any atom is 1.00 e. The summed E-state index contributed by atoms with van der Waals surface area (Å²) in [7, 11) is -37.4. The van der Waals surface area contributed by atoms with Gasteiger partial charge in [-0.3, -0.25) is 33.4 Å². The van der Waals surface area contributed by atoms with Crippen LogP contribution in [0.1, 0.15) is 75.8 Å². The fraction of sp³-hybridized carbons (Fsp3) is 0.385. The number of carbonyl (C=O) groups excluding carboxylic acids is 2. The van der Waals surface area contributed by atoms with Crippen molar-refractivity contribution >= 4 is 129 Å². The van der Waals surface area contributed by atoms with Crippen LogP contribution >= 0.6 is 0 Å². The molecule has 40 nitrogen and oxygen atoms in total. The van der Waals surface area contributed by atoms with Gasteiger partial charge in [0.25, 0.3) is 0 Å². The van der Waals surface area contributed by atoms with Crippen molar-refractivity contribution in [2.45, 2.75) is 86.1 Å². The predicted molar refractivity (Wildman–Crippen MR) is 339 cm³/mol. The summed E-state index contributed by atoms with van der Waals surface area (Å²) in [5.74, 6) is -5.15. The normalized spacial score (nSPS) is 11.7. The van der Waals surface area contributed by atoms with Gasteiger partial charge >= 0.3 is 258 Å². The smallest absolute Gasteiger partial charge is 0.748 e. The molecule has 5 aromatic rings. The molecule has 0 saturated carbocycles. The summed E-state index contributed by atoms with van der Waals surface area (Å²) in [6.07, 6.45) is 2.86. The standard InChI is InChI=1S/C52H66N12O22S6.8Na.2O3S/c1-6-36(14-15-37-13-12-35(28-42(37)92(84,85)86)30-44-55-43(29-34-10-8-7-9-11-34)56-49(57-44)63(24-26-65)22-19-45(67)61-51(2,3)32-87(69,70)71)40(90(78,79)80)18-21-53-47-58-48(54-39-31-38(89(75,76)77)16-17-41(39)91(81,82)83)60-50(59-47)64(25-27-66)23-20-46(68)62-52(4,5)33-88(72,73)74;;;;;;;;;2*1-4(2)3/h6-8,11-18,28,31,65-66H,19-27,29-30,32-33H2,1-5H3,(H,61,67)(H,62,68)(H,69,70,71)(H,72,73,74)(H,75,76,77)(H,78,79,80)(H,81,82,83)(H,84,85,86)(H2,53,54,58,59,60);;;;;;;;;;/q-2;8*+1;;/p-6/b15-14+,36-6-,40-18+;;;;;;;;;;. The molecule has 0 fully saturated rings. The van der Waals surface area contributed by atoms with Crippen LogP contribution in [0.2, 0.25) is 0 Å². The van der Waals surface area contributed by atoms with E-state index in [1.807, 2.05) is 0 Å². The summed E-state index contributed by atoms with van der Waals surface area (Å²) in [5.41, 5.74) is -3.86. The first-order chi connectivity index (χ1) is 45.9. The minimum absolute atomic E-state index is 0. The molecule has 0 spiro atoms. The first kappa shape index (κ1) is 119. The number of hydrogen-bond acceptors (Lipinski definition) is 38. The number of allylic oxidation sites excluding steroid dienone is 3. The molecule has 5 rings (SSSR count). The van der Waals surface area contributed by atoms with E-state index in [1.54, 1.807) is 18.2 Å². The number of nitrogens with one attached hydrogen (secondary N) is 4. The molecule has 2 heterocycles. The van der Waals surface area contributed by atoms with Gasteiger partial charge in [-0.25, -0.2) is 55.5 Å². The van der Waals surface area contributed by atoms with Gasteiger partial charge < -0.3 is 80.7 Å². The van der Waals surface area contributed by atoms with Crippen molar-refractivity contribution in [3.05, 3.63) is 124 Å². The average molecular weight is 1740 g/mol. The first-order valence-corrected chi connectivity index (χ1v) is 38.5. The molecule has 3 aromatic carbocycles. The van der Waals surface area contributed by atoms with E-state index >= 15 is 0 Å². The zero-order valence-corrected chi connectivity index (χ0v) is 83.1. The third kappa shape index (κ3) is 47.2. The van der Waals surface area contributed by atoms with Crippen LogP contribution in [-0.2, 0) is 104 Å². The Labute approximate surface area is 804 Å². The van der Waals surface area contributed by atoms with Gasteiger partial charge in [0.15, 0.2) is 0 Å². The Morgan fingerprint density at radius 3 is 1.45 bits per heavy atom. The fourth-order valence-corrected chi connectivity index (χ4v) is 13.2. The van der Waals surface area contributed by atoms with Crippen LogP contribution in [-0.4, -0.2) is 224 Å². The van der Waals surface area contributed by atoms with E-state index in [9.17, 15) is 97.6 Å². The molecular formula is C52H60N12Na8O28S8. The maximum atomic E-state index is 13.0. The van der Waals surface area contributed by atoms with Crippen LogP contribution in [0.25, 0.3) is 6.08 Å². The summed E-state index contributed by atoms with van der Waals surface area (Å²) >= 11 is 0. The Morgan fingerprint density at radius 2 is 1.04 bits per heavy atom. The van der Waals surface area contributed by atoms with E-state index in [4.69, 9.17) is 25.3 Å². The van der Waals surface area contributed by atoms with Crippen LogP contribution in [0, 0.1) is 12.1 Å². The van der Waals surface area contributed by atoms with Crippen molar-refractivity contribution in [2.75, 3.05) is 77.9 Å². The average Bonchev–Trinajstić information content (AvgIpc) is 0.799. The Balaban J connectivity index is -0.00000154. The summed E-state index contributed by atoms with van der Waals surface area (Å²) in [4.78, 5) is 50.5. The molecule has 56 heteroatoms.